The number of carbonyl (C=O) groups is 1. The van der Waals surface area contributed by atoms with Crippen LogP contribution in [0.5, 0.6) is 5.75 Å². The van der Waals surface area contributed by atoms with Crippen LogP contribution in [0, 0.1) is 0 Å². The van der Waals surface area contributed by atoms with E-state index in [-0.39, 0.29) is 12.5 Å². The van der Waals surface area contributed by atoms with Gasteiger partial charge in [-0.2, -0.15) is 0 Å². The van der Waals surface area contributed by atoms with Crippen LogP contribution in [0.25, 0.3) is 5.69 Å². The van der Waals surface area contributed by atoms with Gasteiger partial charge in [0, 0.05) is 23.7 Å². The van der Waals surface area contributed by atoms with Gasteiger partial charge >= 0.3 is 5.69 Å². The Balaban J connectivity index is 1.41. The van der Waals surface area contributed by atoms with Crippen LogP contribution in [0.4, 0.5) is 5.95 Å². The monoisotopic (exact) mass is 438 g/mol. The maximum Gasteiger partial charge on any atom is 0.352 e. The lowest BCUT2D eigenvalue weighted by molar-refractivity contribution is -0.122. The minimum Gasteiger partial charge on any atom is -0.497 e. The summed E-state index contributed by atoms with van der Waals surface area (Å²) in [6, 6.07) is 12.8. The van der Waals surface area contributed by atoms with E-state index in [1.807, 2.05) is 35.2 Å². The molecule has 2 aliphatic rings. The molecule has 0 saturated carbocycles. The highest BCUT2D eigenvalue weighted by Gasteiger charge is 2.34. The van der Waals surface area contributed by atoms with Crippen molar-refractivity contribution in [2.24, 2.45) is 4.99 Å². The van der Waals surface area contributed by atoms with Crippen molar-refractivity contribution < 1.29 is 9.53 Å². The van der Waals surface area contributed by atoms with Gasteiger partial charge in [0.15, 0.2) is 0 Å². The van der Waals surface area contributed by atoms with Crippen LogP contribution < -0.4 is 20.6 Å². The van der Waals surface area contributed by atoms with E-state index in [1.165, 1.54) is 9.25 Å². The van der Waals surface area contributed by atoms with Crippen LogP contribution in [-0.4, -0.2) is 46.3 Å². The van der Waals surface area contributed by atoms with Crippen LogP contribution in [0.1, 0.15) is 11.1 Å². The average Bonchev–Trinajstić information content (AvgIpc) is 3.38. The number of hydrogen-bond acceptors (Lipinski definition) is 6. The maximum absolute atomic E-state index is 13.1. The molecule has 0 spiro atoms. The standard InChI is InChI=1S/C21H19ClN6O3/c1-31-15-4-2-3-13(9-15)11-24-18(29)12-27-21(30)28-17-10-14(22)5-6-16(17)19-23-7-8-26(19)20(28)25-27/h2-6,9-10H,7-8,11-12H2,1H3,(H,24,29). The van der Waals surface area contributed by atoms with Gasteiger partial charge in [-0.15, -0.1) is 5.10 Å². The molecule has 0 radical (unpaired) electrons. The van der Waals surface area contributed by atoms with Crippen molar-refractivity contribution in [3.05, 3.63) is 69.1 Å². The number of benzene rings is 2. The topological polar surface area (TPSA) is 93.8 Å². The number of nitrogens with one attached hydrogen (secondary N) is 1. The first kappa shape index (κ1) is 19.4. The van der Waals surface area contributed by atoms with Crippen molar-refractivity contribution in [2.75, 3.05) is 25.1 Å². The molecule has 1 amide bonds. The lowest BCUT2D eigenvalue weighted by Gasteiger charge is -2.26. The van der Waals surface area contributed by atoms with Crippen molar-refractivity contribution in [3.8, 4) is 11.4 Å². The van der Waals surface area contributed by atoms with Crippen molar-refractivity contribution in [1.82, 2.24) is 19.7 Å². The highest BCUT2D eigenvalue weighted by Crippen LogP contribution is 2.31. The van der Waals surface area contributed by atoms with Crippen LogP contribution in [-0.2, 0) is 17.9 Å². The van der Waals surface area contributed by atoms with E-state index >= 15 is 0 Å². The van der Waals surface area contributed by atoms with Crippen LogP contribution in [0.2, 0.25) is 5.02 Å². The highest BCUT2D eigenvalue weighted by molar-refractivity contribution is 6.31. The van der Waals surface area contributed by atoms with E-state index < -0.39 is 5.69 Å². The third kappa shape index (κ3) is 3.36. The van der Waals surface area contributed by atoms with Crippen molar-refractivity contribution in [3.63, 3.8) is 0 Å². The van der Waals surface area contributed by atoms with E-state index in [0.29, 0.717) is 42.0 Å². The SMILES string of the molecule is COc1cccc(CNC(=O)Cn2nc3n(c2=O)-c2cc(Cl)ccc2C2=NCCN23)c1. The minimum atomic E-state index is -0.402. The van der Waals surface area contributed by atoms with Crippen LogP contribution in [0.15, 0.2) is 52.3 Å². The molecule has 5 rings (SSSR count). The Morgan fingerprint density at radius 1 is 1.26 bits per heavy atom. The highest BCUT2D eigenvalue weighted by atomic mass is 35.5. The number of rotatable bonds is 5. The Kier molecular flexibility index (Phi) is 4.74. The quantitative estimate of drug-likeness (QED) is 0.653. The van der Waals surface area contributed by atoms with Gasteiger partial charge in [0.1, 0.15) is 18.1 Å². The van der Waals surface area contributed by atoms with E-state index in [9.17, 15) is 9.59 Å². The molecule has 0 fully saturated rings. The summed E-state index contributed by atoms with van der Waals surface area (Å²) in [6.07, 6.45) is 0. The Morgan fingerprint density at radius 3 is 2.97 bits per heavy atom. The number of methoxy groups -OCH3 is 1. The summed E-state index contributed by atoms with van der Waals surface area (Å²) < 4.78 is 7.85. The zero-order valence-electron chi connectivity index (χ0n) is 16.7. The van der Waals surface area contributed by atoms with Gasteiger partial charge in [0.25, 0.3) is 0 Å². The number of ether oxygens (including phenoxy) is 1. The predicted molar refractivity (Wildman–Crippen MR) is 116 cm³/mol. The Labute approximate surface area is 182 Å². The van der Waals surface area contributed by atoms with Crippen LogP contribution >= 0.6 is 11.6 Å². The molecule has 0 aliphatic carbocycles. The van der Waals surface area contributed by atoms with Gasteiger partial charge < -0.3 is 10.1 Å². The fraction of sp³-hybridized carbons (Fsp3) is 0.238. The lowest BCUT2D eigenvalue weighted by atomic mass is 10.1. The van der Waals surface area contributed by atoms with E-state index in [2.05, 4.69) is 15.4 Å². The van der Waals surface area contributed by atoms with Gasteiger partial charge in [0.05, 0.1) is 19.3 Å². The second-order valence-electron chi connectivity index (χ2n) is 7.22. The molecule has 0 saturated heterocycles. The number of anilines is 1. The Morgan fingerprint density at radius 2 is 2.13 bits per heavy atom. The van der Waals surface area contributed by atoms with Crippen LogP contribution in [0.3, 0.4) is 0 Å². The molecule has 2 aliphatic heterocycles. The molecule has 158 valence electrons. The molecular formula is C21H19ClN6O3. The lowest BCUT2D eigenvalue weighted by Crippen LogP contribution is -2.38. The number of nitrogens with zero attached hydrogens (tertiary/aromatic N) is 5. The van der Waals surface area contributed by atoms with Gasteiger partial charge in [0.2, 0.25) is 11.9 Å². The number of amidine groups is 1. The molecule has 3 heterocycles. The normalized spacial score (nSPS) is 13.9. The summed E-state index contributed by atoms with van der Waals surface area (Å²) in [5.41, 5.74) is 1.93. The van der Waals surface area contributed by atoms with Gasteiger partial charge in [-0.3, -0.25) is 14.7 Å². The average molecular weight is 439 g/mol. The fourth-order valence-corrected chi connectivity index (χ4v) is 3.98. The summed E-state index contributed by atoms with van der Waals surface area (Å²) in [7, 11) is 1.59. The first-order valence-electron chi connectivity index (χ1n) is 9.77. The fourth-order valence-electron chi connectivity index (χ4n) is 3.81. The first-order chi connectivity index (χ1) is 15.0. The summed E-state index contributed by atoms with van der Waals surface area (Å²) >= 11 is 6.18. The Bertz CT molecular complexity index is 1280. The molecular weight excluding hydrogens is 420 g/mol. The summed E-state index contributed by atoms with van der Waals surface area (Å²) in [6.45, 7) is 1.36. The first-order valence-corrected chi connectivity index (χ1v) is 10.1. The molecule has 0 bridgehead atoms. The molecule has 1 aromatic heterocycles. The smallest absolute Gasteiger partial charge is 0.352 e. The second-order valence-corrected chi connectivity index (χ2v) is 7.66. The molecule has 9 nitrogen and oxygen atoms in total. The van der Waals surface area contributed by atoms with E-state index in [0.717, 1.165) is 17.0 Å². The van der Waals surface area contributed by atoms with E-state index in [4.69, 9.17) is 16.3 Å². The van der Waals surface area contributed by atoms with Gasteiger partial charge in [-0.05, 0) is 35.9 Å². The molecule has 31 heavy (non-hydrogen) atoms. The third-order valence-corrected chi connectivity index (χ3v) is 5.50. The molecule has 10 heteroatoms. The van der Waals surface area contributed by atoms with Crippen molar-refractivity contribution in [1.29, 1.82) is 0 Å². The van der Waals surface area contributed by atoms with Crippen molar-refractivity contribution in [2.45, 2.75) is 13.1 Å². The number of hydrogen-bond donors (Lipinski definition) is 1. The number of carbonyl (C=O) groups excluding carboxylic acids is 1. The molecule has 2 aromatic carbocycles. The molecule has 0 unspecified atom stereocenters. The summed E-state index contributed by atoms with van der Waals surface area (Å²) in [4.78, 5) is 32.1. The maximum atomic E-state index is 13.1. The summed E-state index contributed by atoms with van der Waals surface area (Å²) in [5.74, 6) is 1.60. The number of aromatic nitrogens is 3. The summed E-state index contributed by atoms with van der Waals surface area (Å²) in [5, 5.41) is 7.76. The predicted octanol–water partition coefficient (Wildman–Crippen LogP) is 1.59. The number of aliphatic imine (C=N–C) groups is 1. The zero-order chi connectivity index (χ0) is 21.5. The minimum absolute atomic E-state index is 0.195. The largest absolute Gasteiger partial charge is 0.497 e. The molecule has 0 atom stereocenters. The number of fused-ring (bicyclic) bond motifs is 6. The Hall–Kier alpha value is -3.59. The molecule has 3 aromatic rings. The van der Waals surface area contributed by atoms with Crippen molar-refractivity contribution >= 4 is 29.3 Å². The second kappa shape index (κ2) is 7.59. The third-order valence-electron chi connectivity index (χ3n) is 5.26. The zero-order valence-corrected chi connectivity index (χ0v) is 17.5. The molecule has 1 N–H and O–H groups in total. The van der Waals surface area contributed by atoms with Gasteiger partial charge in [-0.1, -0.05) is 23.7 Å². The number of halogens is 1. The number of amides is 1. The van der Waals surface area contributed by atoms with Gasteiger partial charge in [-0.25, -0.2) is 14.0 Å². The van der Waals surface area contributed by atoms with E-state index in [1.54, 1.807) is 19.2 Å².